The van der Waals surface area contributed by atoms with E-state index in [0.29, 0.717) is 13.2 Å². The van der Waals surface area contributed by atoms with Gasteiger partial charge in [0.25, 0.3) is 0 Å². The highest BCUT2D eigenvalue weighted by atomic mass is 16.5. The molecule has 0 aromatic heterocycles. The fraction of sp³-hybridized carbons (Fsp3) is 0.533. The maximum Gasteiger partial charge on any atom is 0.231 e. The second-order valence-electron chi connectivity index (χ2n) is 5.59. The molecular formula is C15H19NO3. The third-order valence-electron chi connectivity index (χ3n) is 4.25. The molecule has 1 aromatic carbocycles. The Morgan fingerprint density at radius 2 is 2.21 bits per heavy atom. The molecule has 2 aliphatic rings. The molecule has 1 heterocycles. The van der Waals surface area contributed by atoms with Crippen LogP contribution in [0, 0.1) is 5.41 Å². The van der Waals surface area contributed by atoms with Gasteiger partial charge in [-0.15, -0.1) is 0 Å². The summed E-state index contributed by atoms with van der Waals surface area (Å²) in [7, 11) is 0. The summed E-state index contributed by atoms with van der Waals surface area (Å²) in [6, 6.07) is 7.70. The zero-order chi connectivity index (χ0) is 13.3. The Kier molecular flexibility index (Phi) is 3.19. The minimum Gasteiger partial charge on any atom is -0.492 e. The number of carbonyl (C=O) groups is 1. The fourth-order valence-corrected chi connectivity index (χ4v) is 2.71. The van der Waals surface area contributed by atoms with Gasteiger partial charge in [0.05, 0.1) is 0 Å². The molecule has 1 aliphatic carbocycles. The van der Waals surface area contributed by atoms with E-state index < -0.39 is 0 Å². The first-order valence-electron chi connectivity index (χ1n) is 6.84. The molecule has 1 saturated carbocycles. The summed E-state index contributed by atoms with van der Waals surface area (Å²) in [6.45, 7) is 1.30. The van der Waals surface area contributed by atoms with Crippen molar-refractivity contribution < 1.29 is 14.6 Å². The average Bonchev–Trinajstić information content (AvgIpc) is 3.05. The smallest absolute Gasteiger partial charge is 0.231 e. The highest BCUT2D eigenvalue weighted by molar-refractivity contribution is 5.85. The van der Waals surface area contributed by atoms with E-state index in [2.05, 4.69) is 5.32 Å². The molecule has 1 fully saturated rings. The number of amides is 1. The molecule has 1 atom stereocenters. The third-order valence-corrected chi connectivity index (χ3v) is 4.25. The van der Waals surface area contributed by atoms with Gasteiger partial charge in [0, 0.05) is 18.7 Å². The van der Waals surface area contributed by atoms with Crippen molar-refractivity contribution in [3.8, 4) is 5.75 Å². The second-order valence-corrected chi connectivity index (χ2v) is 5.59. The van der Waals surface area contributed by atoms with Gasteiger partial charge in [-0.05, 0) is 30.7 Å². The molecule has 1 amide bonds. The third kappa shape index (κ3) is 2.45. The quantitative estimate of drug-likeness (QED) is 0.843. The van der Waals surface area contributed by atoms with Crippen LogP contribution >= 0.6 is 0 Å². The maximum atomic E-state index is 12.2. The lowest BCUT2D eigenvalue weighted by atomic mass is 9.99. The van der Waals surface area contributed by atoms with Crippen molar-refractivity contribution in [2.24, 2.45) is 5.41 Å². The number of hydrogen-bond acceptors (Lipinski definition) is 3. The van der Waals surface area contributed by atoms with Gasteiger partial charge in [-0.25, -0.2) is 0 Å². The summed E-state index contributed by atoms with van der Waals surface area (Å²) in [5.41, 5.74) is 1.13. The van der Waals surface area contributed by atoms with Crippen molar-refractivity contribution in [3.63, 3.8) is 0 Å². The van der Waals surface area contributed by atoms with Crippen molar-refractivity contribution in [1.82, 2.24) is 5.32 Å². The molecule has 0 saturated heterocycles. The molecule has 2 N–H and O–H groups in total. The Hall–Kier alpha value is -1.55. The van der Waals surface area contributed by atoms with Crippen molar-refractivity contribution in [3.05, 3.63) is 29.8 Å². The Morgan fingerprint density at radius 3 is 2.95 bits per heavy atom. The topological polar surface area (TPSA) is 58.6 Å². The largest absolute Gasteiger partial charge is 0.492 e. The van der Waals surface area contributed by atoms with Gasteiger partial charge in [0.1, 0.15) is 18.3 Å². The summed E-state index contributed by atoms with van der Waals surface area (Å²) in [4.78, 5) is 12.2. The van der Waals surface area contributed by atoms with E-state index in [1.54, 1.807) is 0 Å². The van der Waals surface area contributed by atoms with Crippen molar-refractivity contribution in [1.29, 1.82) is 0 Å². The van der Waals surface area contributed by atoms with Gasteiger partial charge in [-0.1, -0.05) is 18.2 Å². The zero-order valence-corrected chi connectivity index (χ0v) is 10.9. The lowest BCUT2D eigenvalue weighted by Gasteiger charge is -2.16. The van der Waals surface area contributed by atoms with E-state index in [9.17, 15) is 4.79 Å². The zero-order valence-electron chi connectivity index (χ0n) is 10.9. The lowest BCUT2D eigenvalue weighted by molar-refractivity contribution is -0.123. The second kappa shape index (κ2) is 4.85. The van der Waals surface area contributed by atoms with Crippen molar-refractivity contribution >= 4 is 5.91 Å². The van der Waals surface area contributed by atoms with Crippen LogP contribution in [0.5, 0.6) is 5.75 Å². The monoisotopic (exact) mass is 261 g/mol. The first-order valence-corrected chi connectivity index (χ1v) is 6.84. The van der Waals surface area contributed by atoms with E-state index in [0.717, 1.165) is 30.6 Å². The number of benzene rings is 1. The average molecular weight is 261 g/mol. The van der Waals surface area contributed by atoms with Crippen LogP contribution in [0.3, 0.4) is 0 Å². The van der Waals surface area contributed by atoms with Crippen molar-refractivity contribution in [2.75, 3.05) is 19.8 Å². The van der Waals surface area contributed by atoms with Gasteiger partial charge in [0.2, 0.25) is 5.91 Å². The molecule has 1 unspecified atom stereocenters. The van der Waals surface area contributed by atoms with Gasteiger partial charge in [-0.2, -0.15) is 0 Å². The predicted octanol–water partition coefficient (Wildman–Crippen LogP) is 1.44. The maximum absolute atomic E-state index is 12.2. The molecule has 0 radical (unpaired) electrons. The predicted molar refractivity (Wildman–Crippen MR) is 71.1 cm³/mol. The number of nitrogens with one attached hydrogen (secondary N) is 1. The highest BCUT2D eigenvalue weighted by Gasteiger charge is 2.42. The number of carbonyl (C=O) groups excluding carboxylic acids is 1. The SMILES string of the molecule is O=C(NCC1(CCO)CC1)C1COc2ccccc21. The number of ether oxygens (including phenoxy) is 1. The summed E-state index contributed by atoms with van der Waals surface area (Å²) in [5.74, 6) is 0.662. The Morgan fingerprint density at radius 1 is 1.42 bits per heavy atom. The van der Waals surface area contributed by atoms with E-state index in [4.69, 9.17) is 9.84 Å². The highest BCUT2D eigenvalue weighted by Crippen LogP contribution is 2.48. The molecule has 1 aromatic rings. The summed E-state index contributed by atoms with van der Waals surface area (Å²) >= 11 is 0. The summed E-state index contributed by atoms with van der Waals surface area (Å²) < 4.78 is 5.53. The van der Waals surface area contributed by atoms with Gasteiger partial charge in [0.15, 0.2) is 0 Å². The van der Waals surface area contributed by atoms with Crippen molar-refractivity contribution in [2.45, 2.75) is 25.2 Å². The number of rotatable bonds is 5. The van der Waals surface area contributed by atoms with Crippen LogP contribution in [-0.2, 0) is 4.79 Å². The van der Waals surface area contributed by atoms with Crippen LogP contribution in [0.1, 0.15) is 30.7 Å². The van der Waals surface area contributed by atoms with Gasteiger partial charge < -0.3 is 15.2 Å². The minimum atomic E-state index is -0.193. The lowest BCUT2D eigenvalue weighted by Crippen LogP contribution is -2.35. The Labute approximate surface area is 112 Å². The van der Waals surface area contributed by atoms with E-state index in [1.807, 2.05) is 24.3 Å². The summed E-state index contributed by atoms with van der Waals surface area (Å²) in [6.07, 6.45) is 2.99. The number of fused-ring (bicyclic) bond motifs is 1. The molecule has 102 valence electrons. The Bertz CT molecular complexity index is 482. The van der Waals surface area contributed by atoms with E-state index >= 15 is 0 Å². The van der Waals surface area contributed by atoms with E-state index in [1.165, 1.54) is 0 Å². The van der Waals surface area contributed by atoms with Crippen LogP contribution in [0.4, 0.5) is 0 Å². The fourth-order valence-electron chi connectivity index (χ4n) is 2.71. The van der Waals surface area contributed by atoms with Crippen LogP contribution in [0.15, 0.2) is 24.3 Å². The van der Waals surface area contributed by atoms with Crippen LogP contribution in [-0.4, -0.2) is 30.8 Å². The van der Waals surface area contributed by atoms with Crippen LogP contribution in [0.2, 0.25) is 0 Å². The summed E-state index contributed by atoms with van der Waals surface area (Å²) in [5, 5.41) is 12.0. The molecule has 4 heteroatoms. The number of aliphatic hydroxyl groups is 1. The molecule has 19 heavy (non-hydrogen) atoms. The molecule has 0 spiro atoms. The normalized spacial score (nSPS) is 22.5. The number of hydrogen-bond donors (Lipinski definition) is 2. The van der Waals surface area contributed by atoms with Gasteiger partial charge >= 0.3 is 0 Å². The van der Waals surface area contributed by atoms with Crippen LogP contribution < -0.4 is 10.1 Å². The molecule has 0 bridgehead atoms. The molecule has 4 nitrogen and oxygen atoms in total. The standard InChI is InChI=1S/C15H19NO3/c17-8-7-15(5-6-15)10-16-14(18)12-9-19-13-4-2-1-3-11(12)13/h1-4,12,17H,5-10H2,(H,16,18). The van der Waals surface area contributed by atoms with E-state index in [-0.39, 0.29) is 23.8 Å². The first kappa shape index (κ1) is 12.5. The van der Waals surface area contributed by atoms with Crippen LogP contribution in [0.25, 0.3) is 0 Å². The Balaban J connectivity index is 1.60. The number of para-hydroxylation sites is 1. The minimum absolute atomic E-state index is 0.0363. The molecule has 1 aliphatic heterocycles. The molecule has 3 rings (SSSR count). The van der Waals surface area contributed by atoms with Gasteiger partial charge in [-0.3, -0.25) is 4.79 Å². The first-order chi connectivity index (χ1) is 9.24. The molecular weight excluding hydrogens is 242 g/mol. The number of aliphatic hydroxyl groups excluding tert-OH is 1.